The number of rotatable bonds is 1. The van der Waals surface area contributed by atoms with Crippen molar-refractivity contribution in [2.24, 2.45) is 0 Å². The number of nitrogens with zero attached hydrogens (tertiary/aromatic N) is 2. The number of nitriles is 1. The summed E-state index contributed by atoms with van der Waals surface area (Å²) in [7, 11) is 0. The molecule has 1 fully saturated rings. The summed E-state index contributed by atoms with van der Waals surface area (Å²) >= 11 is 5.48. The van der Waals surface area contributed by atoms with Gasteiger partial charge in [0.05, 0.1) is 11.6 Å². The molecule has 0 saturated carbocycles. The van der Waals surface area contributed by atoms with Gasteiger partial charge >= 0.3 is 0 Å². The Morgan fingerprint density at radius 1 is 1.41 bits per heavy atom. The molecular formula is C13H15BrN2S. The molecule has 0 aliphatic carbocycles. The van der Waals surface area contributed by atoms with Crippen LogP contribution in [0.2, 0.25) is 0 Å². The quantitative estimate of drug-likeness (QED) is 0.792. The highest BCUT2D eigenvalue weighted by Crippen LogP contribution is 2.33. The fourth-order valence-electron chi connectivity index (χ4n) is 2.06. The van der Waals surface area contributed by atoms with Gasteiger partial charge in [-0.1, -0.05) is 15.9 Å². The average molecular weight is 311 g/mol. The van der Waals surface area contributed by atoms with Crippen molar-refractivity contribution in [3.63, 3.8) is 0 Å². The van der Waals surface area contributed by atoms with E-state index in [1.807, 2.05) is 23.9 Å². The van der Waals surface area contributed by atoms with Crippen LogP contribution in [-0.2, 0) is 0 Å². The summed E-state index contributed by atoms with van der Waals surface area (Å²) in [4.78, 5) is 2.36. The minimum Gasteiger partial charge on any atom is -0.369 e. The van der Waals surface area contributed by atoms with Crippen molar-refractivity contribution >= 4 is 33.4 Å². The topological polar surface area (TPSA) is 27.0 Å². The Kier molecular flexibility index (Phi) is 3.70. The molecule has 4 heteroatoms. The largest absolute Gasteiger partial charge is 0.369 e. The molecule has 0 amide bonds. The first-order valence-electron chi connectivity index (χ1n) is 5.60. The third kappa shape index (κ3) is 3.17. The summed E-state index contributed by atoms with van der Waals surface area (Å²) in [5.74, 6) is 1.14. The number of hydrogen-bond acceptors (Lipinski definition) is 3. The Morgan fingerprint density at radius 3 is 2.82 bits per heavy atom. The van der Waals surface area contributed by atoms with E-state index in [9.17, 15) is 0 Å². The van der Waals surface area contributed by atoms with Crippen LogP contribution in [0.3, 0.4) is 0 Å². The molecule has 0 radical (unpaired) electrons. The van der Waals surface area contributed by atoms with Gasteiger partial charge in [-0.05, 0) is 32.0 Å². The summed E-state index contributed by atoms with van der Waals surface area (Å²) in [5.41, 5.74) is 1.86. The third-order valence-electron chi connectivity index (χ3n) is 2.80. The highest BCUT2D eigenvalue weighted by molar-refractivity contribution is 9.10. The zero-order valence-electron chi connectivity index (χ0n) is 10.0. The summed E-state index contributed by atoms with van der Waals surface area (Å²) < 4.78 is 1.26. The van der Waals surface area contributed by atoms with Crippen molar-refractivity contribution in [3.05, 3.63) is 28.2 Å². The number of thioether (sulfide) groups is 1. The van der Waals surface area contributed by atoms with Crippen molar-refractivity contribution in [3.8, 4) is 6.07 Å². The van der Waals surface area contributed by atoms with Crippen LogP contribution in [0.15, 0.2) is 22.7 Å². The summed E-state index contributed by atoms with van der Waals surface area (Å²) in [5, 5.41) is 8.99. The first-order valence-corrected chi connectivity index (χ1v) is 7.38. The summed E-state index contributed by atoms with van der Waals surface area (Å²) in [6.45, 7) is 6.62. The second-order valence-electron chi connectivity index (χ2n) is 4.84. The molecule has 1 aromatic rings. The van der Waals surface area contributed by atoms with Gasteiger partial charge in [0.1, 0.15) is 0 Å². The Balaban J connectivity index is 2.28. The smallest absolute Gasteiger partial charge is 0.0992 e. The van der Waals surface area contributed by atoms with E-state index in [0.29, 0.717) is 5.56 Å². The van der Waals surface area contributed by atoms with Crippen LogP contribution in [0.4, 0.5) is 5.69 Å². The van der Waals surface area contributed by atoms with E-state index in [0.717, 1.165) is 29.0 Å². The molecule has 0 bridgehead atoms. The maximum atomic E-state index is 8.99. The Labute approximate surface area is 115 Å². The van der Waals surface area contributed by atoms with Gasteiger partial charge in [0.25, 0.3) is 0 Å². The zero-order valence-corrected chi connectivity index (χ0v) is 12.4. The van der Waals surface area contributed by atoms with E-state index >= 15 is 0 Å². The van der Waals surface area contributed by atoms with Crippen LogP contribution in [-0.4, -0.2) is 23.6 Å². The predicted molar refractivity (Wildman–Crippen MR) is 77.6 cm³/mol. The highest BCUT2D eigenvalue weighted by Gasteiger charge is 2.27. The summed E-state index contributed by atoms with van der Waals surface area (Å²) in [6.07, 6.45) is 0. The lowest BCUT2D eigenvalue weighted by atomic mass is 10.1. The standard InChI is InChI=1S/C13H15BrN2S/c1-13(2)9-16(3-4-17-13)12-6-10(8-15)5-11(14)7-12/h5-7H,3-4,9H2,1-2H3. The lowest BCUT2D eigenvalue weighted by Crippen LogP contribution is -2.43. The molecule has 2 nitrogen and oxygen atoms in total. The van der Waals surface area contributed by atoms with Crippen LogP contribution in [0.5, 0.6) is 0 Å². The number of anilines is 1. The molecule has 0 unspecified atom stereocenters. The van der Waals surface area contributed by atoms with Gasteiger partial charge in [0, 0.05) is 33.7 Å². The lowest BCUT2D eigenvalue weighted by molar-refractivity contribution is 0.647. The minimum absolute atomic E-state index is 0.285. The van der Waals surface area contributed by atoms with Crippen LogP contribution < -0.4 is 4.90 Å². The molecule has 0 spiro atoms. The van der Waals surface area contributed by atoms with E-state index in [4.69, 9.17) is 5.26 Å². The van der Waals surface area contributed by atoms with Crippen molar-refractivity contribution < 1.29 is 0 Å². The van der Waals surface area contributed by atoms with Gasteiger partial charge in [-0.3, -0.25) is 0 Å². The Bertz CT molecular complexity index is 465. The Hall–Kier alpha value is -0.660. The molecule has 1 heterocycles. The fraction of sp³-hybridized carbons (Fsp3) is 0.462. The van der Waals surface area contributed by atoms with Gasteiger partial charge in [-0.2, -0.15) is 17.0 Å². The van der Waals surface area contributed by atoms with E-state index < -0.39 is 0 Å². The third-order valence-corrected chi connectivity index (χ3v) is 4.56. The fourth-order valence-corrected chi connectivity index (χ4v) is 3.65. The van der Waals surface area contributed by atoms with Crippen LogP contribution in [0.1, 0.15) is 19.4 Å². The van der Waals surface area contributed by atoms with E-state index in [1.54, 1.807) is 0 Å². The molecule has 17 heavy (non-hydrogen) atoms. The predicted octanol–water partition coefficient (Wildman–Crippen LogP) is 3.65. The van der Waals surface area contributed by atoms with Gasteiger partial charge in [-0.25, -0.2) is 0 Å². The first kappa shape index (κ1) is 12.8. The van der Waals surface area contributed by atoms with Gasteiger partial charge in [-0.15, -0.1) is 0 Å². The van der Waals surface area contributed by atoms with Gasteiger partial charge < -0.3 is 4.90 Å². The van der Waals surface area contributed by atoms with E-state index in [-0.39, 0.29) is 4.75 Å². The monoisotopic (exact) mass is 310 g/mol. The molecule has 1 saturated heterocycles. The molecule has 90 valence electrons. The van der Waals surface area contributed by atoms with Crippen molar-refractivity contribution in [2.45, 2.75) is 18.6 Å². The van der Waals surface area contributed by atoms with Crippen molar-refractivity contribution in [1.29, 1.82) is 5.26 Å². The molecule has 1 aliphatic heterocycles. The molecular weight excluding hydrogens is 296 g/mol. The maximum absolute atomic E-state index is 8.99. The van der Waals surface area contributed by atoms with Crippen LogP contribution in [0.25, 0.3) is 0 Å². The van der Waals surface area contributed by atoms with Crippen LogP contribution >= 0.6 is 27.7 Å². The normalized spacial score (nSPS) is 18.8. The summed E-state index contributed by atoms with van der Waals surface area (Å²) in [6, 6.07) is 8.12. The molecule has 1 aliphatic rings. The Morgan fingerprint density at radius 2 is 2.18 bits per heavy atom. The second kappa shape index (κ2) is 4.91. The molecule has 1 aromatic carbocycles. The second-order valence-corrected chi connectivity index (χ2v) is 7.56. The van der Waals surface area contributed by atoms with Crippen LogP contribution in [0, 0.1) is 11.3 Å². The molecule has 0 N–H and O–H groups in total. The highest BCUT2D eigenvalue weighted by atomic mass is 79.9. The SMILES string of the molecule is CC1(C)CN(c2cc(Br)cc(C#N)c2)CCS1. The number of benzene rings is 1. The molecule has 0 atom stereocenters. The zero-order chi connectivity index (χ0) is 12.5. The van der Waals surface area contributed by atoms with E-state index in [1.165, 1.54) is 0 Å². The lowest BCUT2D eigenvalue weighted by Gasteiger charge is -2.39. The van der Waals surface area contributed by atoms with E-state index in [2.05, 4.69) is 46.8 Å². The average Bonchev–Trinajstić information content (AvgIpc) is 2.27. The van der Waals surface area contributed by atoms with Gasteiger partial charge in [0.2, 0.25) is 0 Å². The van der Waals surface area contributed by atoms with Gasteiger partial charge in [0.15, 0.2) is 0 Å². The number of halogens is 1. The minimum atomic E-state index is 0.285. The van der Waals surface area contributed by atoms with Crippen molar-refractivity contribution in [2.75, 3.05) is 23.7 Å². The molecule has 0 aromatic heterocycles. The van der Waals surface area contributed by atoms with Crippen molar-refractivity contribution in [1.82, 2.24) is 0 Å². The number of hydrogen-bond donors (Lipinski definition) is 0. The first-order chi connectivity index (χ1) is 8.00. The maximum Gasteiger partial charge on any atom is 0.0992 e. The molecule has 2 rings (SSSR count).